The number of nitrogens with two attached hydrogens (primary N) is 1. The van der Waals surface area contributed by atoms with Crippen LogP contribution in [0.2, 0.25) is 0 Å². The van der Waals surface area contributed by atoms with Crippen molar-refractivity contribution in [2.45, 2.75) is 6.04 Å². The van der Waals surface area contributed by atoms with Gasteiger partial charge in [-0.05, 0) is 64.6 Å². The highest BCUT2D eigenvalue weighted by Crippen LogP contribution is 2.36. The second kappa shape index (κ2) is 7.44. The molecule has 112 valence electrons. The average molecular weight is 463 g/mol. The van der Waals surface area contributed by atoms with Crippen molar-refractivity contribution in [2.24, 2.45) is 5.84 Å². The molecule has 0 saturated heterocycles. The maximum Gasteiger partial charge on any atom is 0.124 e. The number of hydrogen-bond donors (Lipinski definition) is 2. The number of methoxy groups -OCH3 is 2. The zero-order valence-corrected chi connectivity index (χ0v) is 15.4. The summed E-state index contributed by atoms with van der Waals surface area (Å²) in [5.74, 6) is 7.31. The van der Waals surface area contributed by atoms with Gasteiger partial charge in [-0.1, -0.05) is 15.9 Å². The third-order valence-electron chi connectivity index (χ3n) is 3.18. The maximum atomic E-state index is 5.80. The predicted octanol–water partition coefficient (Wildman–Crippen LogP) is 3.62. The van der Waals surface area contributed by atoms with Crippen LogP contribution >= 0.6 is 38.5 Å². The minimum atomic E-state index is -0.209. The van der Waals surface area contributed by atoms with Gasteiger partial charge >= 0.3 is 0 Å². The lowest BCUT2D eigenvalue weighted by atomic mass is 9.98. The molecule has 6 heteroatoms. The Labute approximate surface area is 146 Å². The van der Waals surface area contributed by atoms with Crippen molar-refractivity contribution in [1.82, 2.24) is 5.43 Å². The van der Waals surface area contributed by atoms with Crippen molar-refractivity contribution < 1.29 is 9.47 Å². The highest BCUT2D eigenvalue weighted by molar-refractivity contribution is 14.1. The first-order valence-electron chi connectivity index (χ1n) is 6.23. The summed E-state index contributed by atoms with van der Waals surface area (Å²) < 4.78 is 12.9. The molecule has 0 spiro atoms. The van der Waals surface area contributed by atoms with Crippen LogP contribution in [0.15, 0.2) is 40.9 Å². The molecule has 1 atom stereocenters. The molecule has 1 unspecified atom stereocenters. The van der Waals surface area contributed by atoms with E-state index in [2.05, 4.69) is 50.0 Å². The van der Waals surface area contributed by atoms with Crippen LogP contribution in [0.25, 0.3) is 0 Å². The summed E-state index contributed by atoms with van der Waals surface area (Å²) >= 11 is 5.86. The van der Waals surface area contributed by atoms with Gasteiger partial charge in [0.25, 0.3) is 0 Å². The van der Waals surface area contributed by atoms with E-state index in [0.29, 0.717) is 0 Å². The Morgan fingerprint density at radius 1 is 1.10 bits per heavy atom. The SMILES string of the molecule is COc1ccc(OC)c(C(NN)c2cc(I)ccc2Br)c1. The molecule has 0 fully saturated rings. The predicted molar refractivity (Wildman–Crippen MR) is 95.6 cm³/mol. The van der Waals surface area contributed by atoms with Gasteiger partial charge in [-0.2, -0.15) is 0 Å². The van der Waals surface area contributed by atoms with E-state index < -0.39 is 0 Å². The normalized spacial score (nSPS) is 12.0. The summed E-state index contributed by atoms with van der Waals surface area (Å²) in [6, 6.07) is 11.6. The molecule has 2 rings (SSSR count). The van der Waals surface area contributed by atoms with E-state index in [1.165, 1.54) is 0 Å². The van der Waals surface area contributed by atoms with Gasteiger partial charge in [0.1, 0.15) is 11.5 Å². The molecule has 0 aliphatic heterocycles. The van der Waals surface area contributed by atoms with Crippen molar-refractivity contribution in [2.75, 3.05) is 14.2 Å². The summed E-state index contributed by atoms with van der Waals surface area (Å²) in [5.41, 5.74) is 4.82. The molecule has 2 aromatic carbocycles. The molecule has 0 bridgehead atoms. The molecule has 0 heterocycles. The van der Waals surface area contributed by atoms with Crippen molar-refractivity contribution >= 4 is 38.5 Å². The van der Waals surface area contributed by atoms with Gasteiger partial charge in [0, 0.05) is 13.6 Å². The number of hydrazine groups is 1. The monoisotopic (exact) mass is 462 g/mol. The smallest absolute Gasteiger partial charge is 0.124 e. The second-order valence-electron chi connectivity index (χ2n) is 4.37. The lowest BCUT2D eigenvalue weighted by Crippen LogP contribution is -2.29. The Hall–Kier alpha value is -0.830. The van der Waals surface area contributed by atoms with E-state index in [9.17, 15) is 0 Å². The van der Waals surface area contributed by atoms with Gasteiger partial charge in [-0.3, -0.25) is 5.84 Å². The number of halogens is 2. The van der Waals surface area contributed by atoms with E-state index in [4.69, 9.17) is 15.3 Å². The number of benzene rings is 2. The number of nitrogens with one attached hydrogen (secondary N) is 1. The fourth-order valence-corrected chi connectivity index (χ4v) is 3.14. The molecule has 21 heavy (non-hydrogen) atoms. The molecule has 2 aromatic rings. The Kier molecular flexibility index (Phi) is 5.86. The van der Waals surface area contributed by atoms with Crippen LogP contribution in [-0.2, 0) is 0 Å². The summed E-state index contributed by atoms with van der Waals surface area (Å²) in [5, 5.41) is 0. The number of hydrogen-bond acceptors (Lipinski definition) is 4. The molecule has 3 N–H and O–H groups in total. The lowest BCUT2D eigenvalue weighted by molar-refractivity contribution is 0.394. The fourth-order valence-electron chi connectivity index (χ4n) is 2.15. The van der Waals surface area contributed by atoms with E-state index in [-0.39, 0.29) is 6.04 Å². The van der Waals surface area contributed by atoms with Gasteiger partial charge < -0.3 is 9.47 Å². The third-order valence-corrected chi connectivity index (χ3v) is 4.58. The summed E-state index contributed by atoms with van der Waals surface area (Å²) in [4.78, 5) is 0. The molecule has 4 nitrogen and oxygen atoms in total. The Balaban J connectivity index is 2.57. The first kappa shape index (κ1) is 16.5. The summed E-state index contributed by atoms with van der Waals surface area (Å²) in [7, 11) is 3.28. The van der Waals surface area contributed by atoms with Crippen LogP contribution in [0.3, 0.4) is 0 Å². The number of ether oxygens (including phenoxy) is 2. The second-order valence-corrected chi connectivity index (χ2v) is 6.47. The van der Waals surface area contributed by atoms with E-state index in [0.717, 1.165) is 30.7 Å². The first-order chi connectivity index (χ1) is 10.1. The van der Waals surface area contributed by atoms with Crippen molar-refractivity contribution in [3.63, 3.8) is 0 Å². The zero-order chi connectivity index (χ0) is 15.4. The molecule has 0 aliphatic carbocycles. The molecular weight excluding hydrogens is 447 g/mol. The Morgan fingerprint density at radius 3 is 2.48 bits per heavy atom. The Bertz CT molecular complexity index is 637. The van der Waals surface area contributed by atoms with E-state index in [1.807, 2.05) is 30.3 Å². The molecule has 0 aliphatic rings. The molecule has 0 radical (unpaired) electrons. The lowest BCUT2D eigenvalue weighted by Gasteiger charge is -2.21. The third kappa shape index (κ3) is 3.68. The minimum Gasteiger partial charge on any atom is -0.497 e. The summed E-state index contributed by atoms with van der Waals surface area (Å²) in [6.07, 6.45) is 0. The Morgan fingerprint density at radius 2 is 1.86 bits per heavy atom. The van der Waals surface area contributed by atoms with Crippen LogP contribution in [0.5, 0.6) is 11.5 Å². The van der Waals surface area contributed by atoms with Crippen LogP contribution < -0.4 is 20.7 Å². The first-order valence-corrected chi connectivity index (χ1v) is 8.11. The van der Waals surface area contributed by atoms with Crippen molar-refractivity contribution in [3.8, 4) is 11.5 Å². The number of rotatable bonds is 5. The van der Waals surface area contributed by atoms with Gasteiger partial charge in [-0.15, -0.1) is 0 Å². The quantitative estimate of drug-likeness (QED) is 0.404. The van der Waals surface area contributed by atoms with Gasteiger partial charge in [0.05, 0.1) is 20.3 Å². The van der Waals surface area contributed by atoms with Gasteiger partial charge in [0.15, 0.2) is 0 Å². The highest BCUT2D eigenvalue weighted by atomic mass is 127. The van der Waals surface area contributed by atoms with E-state index >= 15 is 0 Å². The zero-order valence-electron chi connectivity index (χ0n) is 11.7. The fraction of sp³-hybridized carbons (Fsp3) is 0.200. The average Bonchev–Trinajstić information content (AvgIpc) is 2.51. The standard InChI is InChI=1S/C15H16BrIN2O2/c1-20-10-4-6-14(21-2)12(8-10)15(19-18)11-7-9(17)3-5-13(11)16/h3-8,15,19H,18H2,1-2H3. The van der Waals surface area contributed by atoms with Crippen LogP contribution in [0.1, 0.15) is 17.2 Å². The molecule has 0 aromatic heterocycles. The van der Waals surface area contributed by atoms with Gasteiger partial charge in [0.2, 0.25) is 0 Å². The highest BCUT2D eigenvalue weighted by Gasteiger charge is 2.20. The van der Waals surface area contributed by atoms with Crippen LogP contribution in [0.4, 0.5) is 0 Å². The summed E-state index contributed by atoms with van der Waals surface area (Å²) in [6.45, 7) is 0. The van der Waals surface area contributed by atoms with E-state index in [1.54, 1.807) is 14.2 Å². The van der Waals surface area contributed by atoms with Crippen molar-refractivity contribution in [3.05, 3.63) is 55.6 Å². The molecular formula is C15H16BrIN2O2. The van der Waals surface area contributed by atoms with Gasteiger partial charge in [-0.25, -0.2) is 5.43 Å². The topological polar surface area (TPSA) is 56.5 Å². The maximum absolute atomic E-state index is 5.80. The van der Waals surface area contributed by atoms with Crippen LogP contribution in [0, 0.1) is 3.57 Å². The molecule has 0 amide bonds. The molecule has 0 saturated carbocycles. The largest absolute Gasteiger partial charge is 0.497 e. The minimum absolute atomic E-state index is 0.209. The van der Waals surface area contributed by atoms with Crippen LogP contribution in [-0.4, -0.2) is 14.2 Å². The van der Waals surface area contributed by atoms with Crippen molar-refractivity contribution in [1.29, 1.82) is 0 Å².